The molecular formula is C12H21N3O. The van der Waals surface area contributed by atoms with Gasteiger partial charge in [-0.05, 0) is 26.1 Å². The van der Waals surface area contributed by atoms with Crippen LogP contribution in [0.5, 0.6) is 0 Å². The normalized spacial score (nSPS) is 28.4. The Bertz CT molecular complexity index is 312. The summed E-state index contributed by atoms with van der Waals surface area (Å²) in [4.78, 5) is 4.79. The van der Waals surface area contributed by atoms with Gasteiger partial charge in [0.05, 0.1) is 12.8 Å². The monoisotopic (exact) mass is 223 g/mol. The molecule has 0 saturated carbocycles. The summed E-state index contributed by atoms with van der Waals surface area (Å²) in [6.07, 6.45) is 1.73. The molecule has 1 aromatic heterocycles. The van der Waals surface area contributed by atoms with Crippen molar-refractivity contribution in [2.24, 2.45) is 5.73 Å². The van der Waals surface area contributed by atoms with Crippen LogP contribution in [0.2, 0.25) is 0 Å². The van der Waals surface area contributed by atoms with Crippen LogP contribution in [-0.2, 0) is 6.54 Å². The van der Waals surface area contributed by atoms with Crippen LogP contribution in [0.3, 0.4) is 0 Å². The number of piperazine rings is 1. The molecule has 0 aliphatic carbocycles. The first-order valence-electron chi connectivity index (χ1n) is 5.87. The first-order valence-corrected chi connectivity index (χ1v) is 5.87. The molecule has 2 N–H and O–H groups in total. The van der Waals surface area contributed by atoms with Crippen LogP contribution in [-0.4, -0.2) is 48.6 Å². The van der Waals surface area contributed by atoms with Gasteiger partial charge in [-0.3, -0.25) is 9.80 Å². The molecule has 90 valence electrons. The molecule has 4 nitrogen and oxygen atoms in total. The molecule has 2 rings (SSSR count). The standard InChI is InChI=1S/C12H21N3O/c1-10-7-15(8-11(6-13)14(10)2)9-12-4-3-5-16-12/h3-5,10-11H,6-9,13H2,1-2H3. The zero-order valence-corrected chi connectivity index (χ0v) is 10.1. The maximum atomic E-state index is 5.80. The molecule has 16 heavy (non-hydrogen) atoms. The highest BCUT2D eigenvalue weighted by molar-refractivity contribution is 4.99. The highest BCUT2D eigenvalue weighted by atomic mass is 16.3. The van der Waals surface area contributed by atoms with Gasteiger partial charge in [-0.15, -0.1) is 0 Å². The van der Waals surface area contributed by atoms with Gasteiger partial charge in [-0.1, -0.05) is 0 Å². The van der Waals surface area contributed by atoms with Crippen LogP contribution in [0, 0.1) is 0 Å². The number of furan rings is 1. The van der Waals surface area contributed by atoms with Gasteiger partial charge < -0.3 is 10.2 Å². The summed E-state index contributed by atoms with van der Waals surface area (Å²) in [5.41, 5.74) is 5.80. The minimum Gasteiger partial charge on any atom is -0.468 e. The van der Waals surface area contributed by atoms with E-state index in [1.807, 2.05) is 12.1 Å². The average Bonchev–Trinajstić information content (AvgIpc) is 2.76. The lowest BCUT2D eigenvalue weighted by Gasteiger charge is -2.43. The Balaban J connectivity index is 1.96. The zero-order chi connectivity index (χ0) is 11.5. The summed E-state index contributed by atoms with van der Waals surface area (Å²) in [6, 6.07) is 4.98. The molecule has 0 spiro atoms. The molecule has 1 fully saturated rings. The second-order valence-electron chi connectivity index (χ2n) is 4.68. The van der Waals surface area contributed by atoms with Gasteiger partial charge in [0, 0.05) is 31.7 Å². The number of nitrogens with two attached hydrogens (primary N) is 1. The van der Waals surface area contributed by atoms with Crippen LogP contribution in [0.25, 0.3) is 0 Å². The van der Waals surface area contributed by atoms with Crippen LogP contribution < -0.4 is 5.73 Å². The third-order valence-corrected chi connectivity index (χ3v) is 3.49. The van der Waals surface area contributed by atoms with E-state index in [2.05, 4.69) is 23.8 Å². The quantitative estimate of drug-likeness (QED) is 0.821. The van der Waals surface area contributed by atoms with Gasteiger partial charge in [-0.25, -0.2) is 0 Å². The van der Waals surface area contributed by atoms with Gasteiger partial charge in [0.15, 0.2) is 0 Å². The fourth-order valence-corrected chi connectivity index (χ4v) is 2.36. The molecule has 1 aromatic rings. The Morgan fingerprint density at radius 3 is 2.94 bits per heavy atom. The SMILES string of the molecule is CC1CN(Cc2ccco2)CC(CN)N1C. The summed E-state index contributed by atoms with van der Waals surface area (Å²) in [5.74, 6) is 1.03. The molecular weight excluding hydrogens is 202 g/mol. The van der Waals surface area contributed by atoms with Crippen LogP contribution in [0.1, 0.15) is 12.7 Å². The van der Waals surface area contributed by atoms with E-state index in [-0.39, 0.29) is 0 Å². The van der Waals surface area contributed by atoms with E-state index in [9.17, 15) is 0 Å². The van der Waals surface area contributed by atoms with E-state index >= 15 is 0 Å². The molecule has 2 heterocycles. The van der Waals surface area contributed by atoms with E-state index in [4.69, 9.17) is 10.2 Å². The summed E-state index contributed by atoms with van der Waals surface area (Å²) in [7, 11) is 2.16. The van der Waals surface area contributed by atoms with Crippen molar-refractivity contribution >= 4 is 0 Å². The second-order valence-corrected chi connectivity index (χ2v) is 4.68. The van der Waals surface area contributed by atoms with E-state index in [1.165, 1.54) is 0 Å². The Labute approximate surface area is 97.0 Å². The molecule has 4 heteroatoms. The predicted molar refractivity (Wildman–Crippen MR) is 64.1 cm³/mol. The van der Waals surface area contributed by atoms with Crippen LogP contribution in [0.4, 0.5) is 0 Å². The minimum atomic E-state index is 0.457. The van der Waals surface area contributed by atoms with E-state index in [1.54, 1.807) is 6.26 Å². The predicted octanol–water partition coefficient (Wildman–Crippen LogP) is 0.743. The number of rotatable bonds is 3. The lowest BCUT2D eigenvalue weighted by atomic mass is 10.1. The van der Waals surface area contributed by atoms with Gasteiger partial charge >= 0.3 is 0 Å². The maximum absolute atomic E-state index is 5.80. The van der Waals surface area contributed by atoms with Crippen LogP contribution in [0.15, 0.2) is 22.8 Å². The molecule has 1 aliphatic heterocycles. The fraction of sp³-hybridized carbons (Fsp3) is 0.667. The molecule has 2 atom stereocenters. The highest BCUT2D eigenvalue weighted by Gasteiger charge is 2.28. The third-order valence-electron chi connectivity index (χ3n) is 3.49. The number of hydrogen-bond donors (Lipinski definition) is 1. The molecule has 0 aromatic carbocycles. The van der Waals surface area contributed by atoms with Crippen molar-refractivity contribution in [3.05, 3.63) is 24.2 Å². The summed E-state index contributed by atoms with van der Waals surface area (Å²) < 4.78 is 5.38. The lowest BCUT2D eigenvalue weighted by molar-refractivity contribution is 0.0474. The van der Waals surface area contributed by atoms with Crippen molar-refractivity contribution in [3.63, 3.8) is 0 Å². The lowest BCUT2D eigenvalue weighted by Crippen LogP contribution is -2.58. The summed E-state index contributed by atoms with van der Waals surface area (Å²) in [6.45, 7) is 5.96. The van der Waals surface area contributed by atoms with Crippen molar-refractivity contribution in [1.82, 2.24) is 9.80 Å². The first kappa shape index (κ1) is 11.6. The van der Waals surface area contributed by atoms with Crippen molar-refractivity contribution in [2.45, 2.75) is 25.6 Å². The number of nitrogens with zero attached hydrogens (tertiary/aromatic N) is 2. The third kappa shape index (κ3) is 2.45. The zero-order valence-electron chi connectivity index (χ0n) is 10.1. The van der Waals surface area contributed by atoms with Gasteiger partial charge in [0.2, 0.25) is 0 Å². The van der Waals surface area contributed by atoms with Gasteiger partial charge in [0.25, 0.3) is 0 Å². The first-order chi connectivity index (χ1) is 7.70. The van der Waals surface area contributed by atoms with Gasteiger partial charge in [-0.2, -0.15) is 0 Å². The summed E-state index contributed by atoms with van der Waals surface area (Å²) >= 11 is 0. The average molecular weight is 223 g/mol. The molecule has 0 amide bonds. The van der Waals surface area contributed by atoms with Crippen molar-refractivity contribution in [1.29, 1.82) is 0 Å². The van der Waals surface area contributed by atoms with Crippen molar-refractivity contribution in [3.8, 4) is 0 Å². The fourth-order valence-electron chi connectivity index (χ4n) is 2.36. The number of likely N-dealkylation sites (N-methyl/N-ethyl adjacent to an activating group) is 1. The highest BCUT2D eigenvalue weighted by Crippen LogP contribution is 2.15. The molecule has 0 bridgehead atoms. The largest absolute Gasteiger partial charge is 0.468 e. The molecule has 1 saturated heterocycles. The minimum absolute atomic E-state index is 0.457. The number of hydrogen-bond acceptors (Lipinski definition) is 4. The van der Waals surface area contributed by atoms with E-state index < -0.39 is 0 Å². The van der Waals surface area contributed by atoms with Crippen molar-refractivity contribution in [2.75, 3.05) is 26.7 Å². The summed E-state index contributed by atoms with van der Waals surface area (Å²) in [5, 5.41) is 0. The van der Waals surface area contributed by atoms with Crippen LogP contribution >= 0.6 is 0 Å². The van der Waals surface area contributed by atoms with E-state index in [0.717, 1.165) is 31.9 Å². The molecule has 0 radical (unpaired) electrons. The Morgan fingerprint density at radius 2 is 2.31 bits per heavy atom. The Hall–Kier alpha value is -0.840. The molecule has 1 aliphatic rings. The Morgan fingerprint density at radius 1 is 1.50 bits per heavy atom. The smallest absolute Gasteiger partial charge is 0.117 e. The van der Waals surface area contributed by atoms with Gasteiger partial charge in [0.1, 0.15) is 5.76 Å². The second kappa shape index (κ2) is 4.99. The Kier molecular flexibility index (Phi) is 3.63. The molecule has 2 unspecified atom stereocenters. The van der Waals surface area contributed by atoms with E-state index in [0.29, 0.717) is 12.1 Å². The topological polar surface area (TPSA) is 45.6 Å². The maximum Gasteiger partial charge on any atom is 0.117 e. The van der Waals surface area contributed by atoms with Crippen molar-refractivity contribution < 1.29 is 4.42 Å².